The van der Waals surface area contributed by atoms with E-state index in [0.717, 1.165) is 18.1 Å². The van der Waals surface area contributed by atoms with Crippen LogP contribution in [0.15, 0.2) is 0 Å². The average Bonchev–Trinajstić information content (AvgIpc) is 2.72. The molecule has 1 atom stereocenters. The second kappa shape index (κ2) is 5.27. The van der Waals surface area contributed by atoms with E-state index in [4.69, 9.17) is 9.84 Å². The monoisotopic (exact) mass is 239 g/mol. The molecule has 94 valence electrons. The van der Waals surface area contributed by atoms with Crippen LogP contribution < -0.4 is 0 Å². The number of carboxylic acid groups (broad SMARTS) is 1. The molecule has 1 aromatic heterocycles. The summed E-state index contributed by atoms with van der Waals surface area (Å²) in [5, 5.41) is 17.1. The van der Waals surface area contributed by atoms with Crippen LogP contribution in [0.2, 0.25) is 0 Å². The van der Waals surface area contributed by atoms with Crippen molar-refractivity contribution in [1.82, 2.24) is 14.8 Å². The predicted molar refractivity (Wildman–Crippen MR) is 59.4 cm³/mol. The molecule has 0 radical (unpaired) electrons. The number of aryl methyl sites for hydroxylation is 1. The number of aliphatic carboxylic acids is 1. The second-order valence-electron chi connectivity index (χ2n) is 4.27. The molecule has 0 fully saturated rings. The topological polar surface area (TPSA) is 77.2 Å². The Hall–Kier alpha value is -1.43. The van der Waals surface area contributed by atoms with Crippen LogP contribution >= 0.6 is 0 Å². The Labute approximate surface area is 99.6 Å². The van der Waals surface area contributed by atoms with Crippen LogP contribution in [0.25, 0.3) is 0 Å². The lowest BCUT2D eigenvalue weighted by molar-refractivity contribution is -0.142. The maximum absolute atomic E-state index is 11.0. The van der Waals surface area contributed by atoms with Crippen LogP contribution in [0, 0.1) is 5.92 Å². The Kier molecular flexibility index (Phi) is 3.73. The number of hydrogen-bond donors (Lipinski definition) is 1. The summed E-state index contributed by atoms with van der Waals surface area (Å²) in [4.78, 5) is 11.0. The van der Waals surface area contributed by atoms with Crippen molar-refractivity contribution in [2.45, 2.75) is 39.3 Å². The van der Waals surface area contributed by atoms with E-state index in [9.17, 15) is 4.79 Å². The predicted octanol–water partition coefficient (Wildman–Crippen LogP) is 0.852. The van der Waals surface area contributed by atoms with Gasteiger partial charge in [0, 0.05) is 19.6 Å². The minimum absolute atomic E-state index is 0.330. The van der Waals surface area contributed by atoms with E-state index in [1.165, 1.54) is 0 Å². The van der Waals surface area contributed by atoms with Gasteiger partial charge in [-0.1, -0.05) is 6.92 Å². The van der Waals surface area contributed by atoms with Crippen LogP contribution in [0.5, 0.6) is 0 Å². The summed E-state index contributed by atoms with van der Waals surface area (Å²) >= 11 is 0. The summed E-state index contributed by atoms with van der Waals surface area (Å²) in [7, 11) is 0. The maximum atomic E-state index is 11.0. The maximum Gasteiger partial charge on any atom is 0.308 e. The van der Waals surface area contributed by atoms with E-state index in [1.807, 2.05) is 11.5 Å². The number of fused-ring (bicyclic) bond motifs is 1. The summed E-state index contributed by atoms with van der Waals surface area (Å²) in [6.45, 7) is 3.60. The highest BCUT2D eigenvalue weighted by Gasteiger charge is 2.27. The first kappa shape index (κ1) is 12.0. The first-order valence-corrected chi connectivity index (χ1v) is 5.94. The molecular weight excluding hydrogens is 222 g/mol. The highest BCUT2D eigenvalue weighted by Crippen LogP contribution is 2.20. The Balaban J connectivity index is 2.06. The second-order valence-corrected chi connectivity index (χ2v) is 4.27. The minimum atomic E-state index is -0.746. The highest BCUT2D eigenvalue weighted by atomic mass is 16.5. The van der Waals surface area contributed by atoms with Crippen molar-refractivity contribution in [3.8, 4) is 0 Å². The van der Waals surface area contributed by atoms with Gasteiger partial charge in [0.25, 0.3) is 0 Å². The van der Waals surface area contributed by atoms with Gasteiger partial charge >= 0.3 is 5.97 Å². The fourth-order valence-electron chi connectivity index (χ4n) is 2.00. The molecule has 2 heterocycles. The van der Waals surface area contributed by atoms with Crippen LogP contribution in [-0.2, 0) is 29.1 Å². The van der Waals surface area contributed by atoms with E-state index < -0.39 is 5.97 Å². The number of carbonyl (C=O) groups is 1. The molecule has 17 heavy (non-hydrogen) atoms. The van der Waals surface area contributed by atoms with Crippen LogP contribution in [-0.4, -0.2) is 32.4 Å². The third-order valence-corrected chi connectivity index (χ3v) is 2.95. The number of hydrogen-bond acceptors (Lipinski definition) is 4. The van der Waals surface area contributed by atoms with Gasteiger partial charge in [-0.15, -0.1) is 10.2 Å². The van der Waals surface area contributed by atoms with E-state index in [1.54, 1.807) is 0 Å². The lowest BCUT2D eigenvalue weighted by Crippen LogP contribution is -2.27. The lowest BCUT2D eigenvalue weighted by Gasteiger charge is -2.20. The van der Waals surface area contributed by atoms with Crippen LogP contribution in [0.3, 0.4) is 0 Å². The molecular formula is C11H17N3O3. The molecule has 0 saturated heterocycles. The Bertz CT molecular complexity index is 403. The molecule has 1 aromatic rings. The summed E-state index contributed by atoms with van der Waals surface area (Å²) in [6, 6.07) is 0. The number of rotatable bonds is 5. The lowest BCUT2D eigenvalue weighted by atomic mass is 10.00. The Morgan fingerprint density at radius 2 is 2.41 bits per heavy atom. The van der Waals surface area contributed by atoms with Gasteiger partial charge in [0.05, 0.1) is 5.92 Å². The van der Waals surface area contributed by atoms with Crippen molar-refractivity contribution in [3.63, 3.8) is 0 Å². The fraction of sp³-hybridized carbons (Fsp3) is 0.727. The molecule has 0 bridgehead atoms. The van der Waals surface area contributed by atoms with Gasteiger partial charge in [-0.2, -0.15) is 0 Å². The number of nitrogens with zero attached hydrogens (tertiary/aromatic N) is 3. The molecule has 0 aliphatic carbocycles. The van der Waals surface area contributed by atoms with Crippen molar-refractivity contribution in [2.75, 3.05) is 6.61 Å². The van der Waals surface area contributed by atoms with Gasteiger partial charge in [0.2, 0.25) is 0 Å². The normalized spacial score (nSPS) is 19.0. The largest absolute Gasteiger partial charge is 0.481 e. The number of carboxylic acids is 1. The summed E-state index contributed by atoms with van der Waals surface area (Å²) in [5.74, 6) is 0.533. The fourth-order valence-corrected chi connectivity index (χ4v) is 2.00. The van der Waals surface area contributed by atoms with Crippen LogP contribution in [0.1, 0.15) is 31.4 Å². The first-order chi connectivity index (χ1) is 8.22. The van der Waals surface area contributed by atoms with Gasteiger partial charge in [-0.05, 0) is 12.8 Å². The molecule has 1 unspecified atom stereocenters. The smallest absolute Gasteiger partial charge is 0.308 e. The number of ether oxygens (including phenoxy) is 1. The standard InChI is InChI=1S/C11H17N3O3/c1-2-5-17-7-10-13-12-9-4-3-8(11(15)16)6-14(9)10/h8H,2-7H2,1H3,(H,15,16). The van der Waals surface area contributed by atoms with Crippen molar-refractivity contribution >= 4 is 5.97 Å². The molecule has 1 aliphatic rings. The van der Waals surface area contributed by atoms with Crippen molar-refractivity contribution in [3.05, 3.63) is 11.6 Å². The molecule has 1 N–H and O–H groups in total. The Morgan fingerprint density at radius 1 is 1.59 bits per heavy atom. The SMILES string of the molecule is CCCOCc1nnc2n1CC(C(=O)O)CC2. The van der Waals surface area contributed by atoms with Crippen molar-refractivity contribution in [2.24, 2.45) is 5.92 Å². The molecule has 0 aromatic carbocycles. The van der Waals surface area contributed by atoms with Crippen LogP contribution in [0.4, 0.5) is 0 Å². The third kappa shape index (κ3) is 2.63. The van der Waals surface area contributed by atoms with Gasteiger partial charge < -0.3 is 14.4 Å². The zero-order valence-electron chi connectivity index (χ0n) is 9.93. The Morgan fingerprint density at radius 3 is 3.12 bits per heavy atom. The summed E-state index contributed by atoms with van der Waals surface area (Å²) in [6.07, 6.45) is 2.28. The minimum Gasteiger partial charge on any atom is -0.481 e. The van der Waals surface area contributed by atoms with E-state index in [0.29, 0.717) is 32.6 Å². The van der Waals surface area contributed by atoms with Gasteiger partial charge in [-0.3, -0.25) is 4.79 Å². The first-order valence-electron chi connectivity index (χ1n) is 5.94. The van der Waals surface area contributed by atoms with Crippen molar-refractivity contribution < 1.29 is 14.6 Å². The van der Waals surface area contributed by atoms with E-state index in [2.05, 4.69) is 10.2 Å². The summed E-state index contributed by atoms with van der Waals surface area (Å²) < 4.78 is 7.31. The highest BCUT2D eigenvalue weighted by molar-refractivity contribution is 5.70. The molecule has 2 rings (SSSR count). The molecule has 0 saturated carbocycles. The van der Waals surface area contributed by atoms with E-state index in [-0.39, 0.29) is 5.92 Å². The summed E-state index contributed by atoms with van der Waals surface area (Å²) in [5.41, 5.74) is 0. The van der Waals surface area contributed by atoms with E-state index >= 15 is 0 Å². The average molecular weight is 239 g/mol. The molecule has 0 spiro atoms. The van der Waals surface area contributed by atoms with Gasteiger partial charge in [-0.25, -0.2) is 0 Å². The molecule has 6 nitrogen and oxygen atoms in total. The molecule has 6 heteroatoms. The zero-order valence-corrected chi connectivity index (χ0v) is 9.93. The zero-order chi connectivity index (χ0) is 12.3. The van der Waals surface area contributed by atoms with Gasteiger partial charge in [0.1, 0.15) is 12.4 Å². The quantitative estimate of drug-likeness (QED) is 0.771. The number of aromatic nitrogens is 3. The molecule has 0 amide bonds. The van der Waals surface area contributed by atoms with Gasteiger partial charge in [0.15, 0.2) is 5.82 Å². The van der Waals surface area contributed by atoms with Crippen molar-refractivity contribution in [1.29, 1.82) is 0 Å². The third-order valence-electron chi connectivity index (χ3n) is 2.95. The molecule has 1 aliphatic heterocycles.